The van der Waals surface area contributed by atoms with Gasteiger partial charge in [0.15, 0.2) is 0 Å². The van der Waals surface area contributed by atoms with E-state index < -0.39 is 5.97 Å². The van der Waals surface area contributed by atoms with Gasteiger partial charge in [0, 0.05) is 13.0 Å². The molecule has 0 bridgehead atoms. The average molecular weight is 228 g/mol. The minimum absolute atomic E-state index is 0.00124. The minimum atomic E-state index is -0.805. The van der Waals surface area contributed by atoms with Crippen molar-refractivity contribution in [2.45, 2.75) is 38.6 Å². The molecule has 1 saturated heterocycles. The van der Waals surface area contributed by atoms with E-state index in [1.54, 1.807) is 0 Å². The van der Waals surface area contributed by atoms with Crippen LogP contribution in [0, 0.1) is 5.92 Å². The van der Waals surface area contributed by atoms with Crippen LogP contribution in [0.3, 0.4) is 0 Å². The number of hydrogen-bond acceptors (Lipinski definition) is 3. The fourth-order valence-corrected chi connectivity index (χ4v) is 1.88. The highest BCUT2D eigenvalue weighted by Crippen LogP contribution is 2.08. The van der Waals surface area contributed by atoms with Crippen LogP contribution in [-0.4, -0.2) is 36.1 Å². The number of amides is 1. The number of carboxylic acids is 1. The van der Waals surface area contributed by atoms with E-state index in [1.165, 1.54) is 0 Å². The van der Waals surface area contributed by atoms with Gasteiger partial charge in [0.2, 0.25) is 5.91 Å². The summed E-state index contributed by atoms with van der Waals surface area (Å²) in [6, 6.07) is -0.0812. The Bertz CT molecular complexity index is 250. The Morgan fingerprint density at radius 2 is 2.31 bits per heavy atom. The molecule has 1 rings (SSSR count). The lowest BCUT2D eigenvalue weighted by molar-refractivity contribution is -0.138. The standard InChI is InChI=1S/C11H20N2O3/c1-2-8(6-10(14)15)7-13-11(16)9-4-3-5-12-9/h8-9,12H,2-7H2,1H3,(H,13,16)(H,14,15)/t8?,9-/m1/s1. The molecule has 3 N–H and O–H groups in total. The van der Waals surface area contributed by atoms with Gasteiger partial charge in [0.05, 0.1) is 6.04 Å². The molecule has 0 aromatic rings. The highest BCUT2D eigenvalue weighted by atomic mass is 16.4. The lowest BCUT2D eigenvalue weighted by atomic mass is 10.0. The first-order valence-electron chi connectivity index (χ1n) is 5.86. The van der Waals surface area contributed by atoms with Crippen molar-refractivity contribution in [1.82, 2.24) is 10.6 Å². The van der Waals surface area contributed by atoms with Crippen molar-refractivity contribution in [3.63, 3.8) is 0 Å². The van der Waals surface area contributed by atoms with E-state index in [0.717, 1.165) is 25.8 Å². The Kier molecular flexibility index (Phi) is 5.25. The quantitative estimate of drug-likeness (QED) is 0.613. The van der Waals surface area contributed by atoms with Gasteiger partial charge < -0.3 is 15.7 Å². The summed E-state index contributed by atoms with van der Waals surface area (Å²) in [7, 11) is 0. The number of carbonyl (C=O) groups excluding carboxylic acids is 1. The van der Waals surface area contributed by atoms with Gasteiger partial charge in [0.1, 0.15) is 0 Å². The molecule has 1 heterocycles. The molecule has 92 valence electrons. The minimum Gasteiger partial charge on any atom is -0.481 e. The van der Waals surface area contributed by atoms with Gasteiger partial charge in [-0.15, -0.1) is 0 Å². The second-order valence-electron chi connectivity index (χ2n) is 4.27. The summed E-state index contributed by atoms with van der Waals surface area (Å²) in [5.41, 5.74) is 0. The number of rotatable bonds is 6. The van der Waals surface area contributed by atoms with Crippen molar-refractivity contribution in [2.24, 2.45) is 5.92 Å². The van der Waals surface area contributed by atoms with Gasteiger partial charge in [-0.3, -0.25) is 9.59 Å². The Hall–Kier alpha value is -1.10. The average Bonchev–Trinajstić information content (AvgIpc) is 2.76. The van der Waals surface area contributed by atoms with Gasteiger partial charge in [0.25, 0.3) is 0 Å². The van der Waals surface area contributed by atoms with Gasteiger partial charge in [-0.25, -0.2) is 0 Å². The fraction of sp³-hybridized carbons (Fsp3) is 0.818. The molecular weight excluding hydrogens is 208 g/mol. The third kappa shape index (κ3) is 4.18. The van der Waals surface area contributed by atoms with Crippen molar-refractivity contribution in [2.75, 3.05) is 13.1 Å². The van der Waals surface area contributed by atoms with Crippen molar-refractivity contribution < 1.29 is 14.7 Å². The second kappa shape index (κ2) is 6.48. The predicted octanol–water partition coefficient (Wildman–Crippen LogP) is 0.356. The zero-order valence-corrected chi connectivity index (χ0v) is 9.66. The van der Waals surface area contributed by atoms with Crippen LogP contribution in [-0.2, 0) is 9.59 Å². The van der Waals surface area contributed by atoms with Crippen LogP contribution in [0.25, 0.3) is 0 Å². The molecule has 1 amide bonds. The van der Waals surface area contributed by atoms with Crippen molar-refractivity contribution in [3.05, 3.63) is 0 Å². The summed E-state index contributed by atoms with van der Waals surface area (Å²) < 4.78 is 0. The van der Waals surface area contributed by atoms with Gasteiger partial charge in [-0.2, -0.15) is 0 Å². The third-order valence-corrected chi connectivity index (χ3v) is 2.98. The number of carbonyl (C=O) groups is 2. The summed E-state index contributed by atoms with van der Waals surface area (Å²) >= 11 is 0. The van der Waals surface area contributed by atoms with E-state index in [2.05, 4.69) is 10.6 Å². The maximum atomic E-state index is 11.6. The van der Waals surface area contributed by atoms with Crippen molar-refractivity contribution in [3.8, 4) is 0 Å². The topological polar surface area (TPSA) is 78.4 Å². The molecule has 1 fully saturated rings. The molecule has 5 heteroatoms. The molecule has 0 aliphatic carbocycles. The number of aliphatic carboxylic acids is 1. The molecule has 16 heavy (non-hydrogen) atoms. The molecule has 0 saturated carbocycles. The van der Waals surface area contributed by atoms with E-state index in [9.17, 15) is 9.59 Å². The molecule has 0 aromatic carbocycles. The summed E-state index contributed by atoms with van der Waals surface area (Å²) in [5, 5.41) is 14.6. The molecule has 1 aliphatic rings. The summed E-state index contributed by atoms with van der Waals surface area (Å²) in [4.78, 5) is 22.2. The van der Waals surface area contributed by atoms with Crippen LogP contribution < -0.4 is 10.6 Å². The summed E-state index contributed by atoms with van der Waals surface area (Å²) in [6.07, 6.45) is 2.80. The molecule has 5 nitrogen and oxygen atoms in total. The Labute approximate surface area is 95.6 Å². The first kappa shape index (κ1) is 13.0. The lowest BCUT2D eigenvalue weighted by Gasteiger charge is -2.16. The zero-order valence-electron chi connectivity index (χ0n) is 9.66. The summed E-state index contributed by atoms with van der Waals surface area (Å²) in [6.45, 7) is 3.29. The van der Waals surface area contributed by atoms with Crippen LogP contribution >= 0.6 is 0 Å². The SMILES string of the molecule is CCC(CNC(=O)[C@H]1CCCN1)CC(=O)O. The number of nitrogens with one attached hydrogen (secondary N) is 2. The lowest BCUT2D eigenvalue weighted by Crippen LogP contribution is -2.42. The van der Waals surface area contributed by atoms with E-state index in [1.807, 2.05) is 6.92 Å². The van der Waals surface area contributed by atoms with Gasteiger partial charge in [-0.1, -0.05) is 13.3 Å². The van der Waals surface area contributed by atoms with E-state index in [4.69, 9.17) is 5.11 Å². The largest absolute Gasteiger partial charge is 0.481 e. The third-order valence-electron chi connectivity index (χ3n) is 2.98. The smallest absolute Gasteiger partial charge is 0.303 e. The number of hydrogen-bond donors (Lipinski definition) is 3. The number of carboxylic acid groups (broad SMARTS) is 1. The molecule has 0 radical (unpaired) electrons. The molecule has 0 spiro atoms. The van der Waals surface area contributed by atoms with Gasteiger partial charge >= 0.3 is 5.97 Å². The van der Waals surface area contributed by atoms with E-state index >= 15 is 0 Å². The zero-order chi connectivity index (χ0) is 12.0. The monoisotopic (exact) mass is 228 g/mol. The molecule has 0 aromatic heterocycles. The fourth-order valence-electron chi connectivity index (χ4n) is 1.88. The molecule has 1 aliphatic heterocycles. The normalized spacial score (nSPS) is 21.7. The van der Waals surface area contributed by atoms with Crippen LogP contribution in [0.1, 0.15) is 32.6 Å². The van der Waals surface area contributed by atoms with Crippen LogP contribution in [0.15, 0.2) is 0 Å². The molecule has 1 unspecified atom stereocenters. The predicted molar refractivity (Wildman–Crippen MR) is 60.1 cm³/mol. The molecule has 2 atom stereocenters. The Morgan fingerprint density at radius 1 is 1.56 bits per heavy atom. The second-order valence-corrected chi connectivity index (χ2v) is 4.27. The first-order chi connectivity index (χ1) is 7.63. The van der Waals surface area contributed by atoms with E-state index in [-0.39, 0.29) is 24.3 Å². The maximum absolute atomic E-state index is 11.6. The van der Waals surface area contributed by atoms with Crippen molar-refractivity contribution in [1.29, 1.82) is 0 Å². The van der Waals surface area contributed by atoms with Crippen LogP contribution in [0.2, 0.25) is 0 Å². The Balaban J connectivity index is 2.25. The maximum Gasteiger partial charge on any atom is 0.303 e. The highest BCUT2D eigenvalue weighted by Gasteiger charge is 2.22. The molecular formula is C11H20N2O3. The summed E-state index contributed by atoms with van der Waals surface area (Å²) in [5.74, 6) is -0.774. The highest BCUT2D eigenvalue weighted by molar-refractivity contribution is 5.82. The first-order valence-corrected chi connectivity index (χ1v) is 5.86. The van der Waals surface area contributed by atoms with Crippen LogP contribution in [0.5, 0.6) is 0 Å². The Morgan fingerprint density at radius 3 is 2.81 bits per heavy atom. The van der Waals surface area contributed by atoms with Gasteiger partial charge in [-0.05, 0) is 25.3 Å². The van der Waals surface area contributed by atoms with E-state index in [0.29, 0.717) is 6.54 Å². The van der Waals surface area contributed by atoms with Crippen molar-refractivity contribution >= 4 is 11.9 Å². The van der Waals surface area contributed by atoms with Crippen LogP contribution in [0.4, 0.5) is 0 Å².